The molecule has 1 aromatic heterocycles. The van der Waals surface area contributed by atoms with Crippen molar-refractivity contribution < 1.29 is 9.59 Å². The Hall–Kier alpha value is -3.00. The number of carbonyl (C=O) groups excluding carboxylic acids is 2. The minimum Gasteiger partial charge on any atom is -0.351 e. The number of nitrogens with one attached hydrogen (secondary N) is 1. The number of aryl methyl sites for hydroxylation is 1. The van der Waals surface area contributed by atoms with Gasteiger partial charge < -0.3 is 15.1 Å². The second-order valence-corrected chi connectivity index (χ2v) is 7.93. The van der Waals surface area contributed by atoms with Crippen LogP contribution in [0.4, 0.5) is 11.5 Å². The van der Waals surface area contributed by atoms with Crippen molar-refractivity contribution in [1.29, 1.82) is 0 Å². The topological polar surface area (TPSA) is 81.7 Å². The molecule has 2 heterocycles. The minimum absolute atomic E-state index is 0.0235. The molecule has 160 valence electrons. The molecule has 8 heteroatoms. The van der Waals surface area contributed by atoms with Gasteiger partial charge in [-0.15, -0.1) is 5.10 Å². The van der Waals surface area contributed by atoms with Gasteiger partial charge in [0, 0.05) is 38.1 Å². The van der Waals surface area contributed by atoms with Crippen LogP contribution in [0.1, 0.15) is 18.4 Å². The third-order valence-electron chi connectivity index (χ3n) is 5.30. The Balaban J connectivity index is 1.46. The van der Waals surface area contributed by atoms with Crippen molar-refractivity contribution in [2.75, 3.05) is 50.5 Å². The first-order valence-corrected chi connectivity index (χ1v) is 10.3. The average molecular weight is 411 g/mol. The zero-order valence-electron chi connectivity index (χ0n) is 17.9. The van der Waals surface area contributed by atoms with Gasteiger partial charge in [0.05, 0.1) is 13.1 Å². The molecular weight excluding hydrogens is 380 g/mol. The predicted molar refractivity (Wildman–Crippen MR) is 117 cm³/mol. The first kappa shape index (κ1) is 21.7. The molecule has 2 aromatic rings. The van der Waals surface area contributed by atoms with Crippen molar-refractivity contribution in [2.24, 2.45) is 0 Å². The lowest BCUT2D eigenvalue weighted by Crippen LogP contribution is -2.45. The van der Waals surface area contributed by atoms with Gasteiger partial charge >= 0.3 is 0 Å². The fourth-order valence-electron chi connectivity index (χ4n) is 3.69. The Morgan fingerprint density at radius 1 is 1.17 bits per heavy atom. The van der Waals surface area contributed by atoms with E-state index < -0.39 is 0 Å². The summed E-state index contributed by atoms with van der Waals surface area (Å²) >= 11 is 0. The monoisotopic (exact) mass is 410 g/mol. The predicted octanol–water partition coefficient (Wildman–Crippen LogP) is 1.78. The highest BCUT2D eigenvalue weighted by Crippen LogP contribution is 2.23. The molecule has 1 aliphatic rings. The normalized spacial score (nSPS) is 16.0. The molecule has 0 bridgehead atoms. The van der Waals surface area contributed by atoms with Crippen LogP contribution < -0.4 is 10.2 Å². The smallest absolute Gasteiger partial charge is 0.243 e. The average Bonchev–Trinajstić information content (AvgIpc) is 3.18. The largest absolute Gasteiger partial charge is 0.351 e. The number of carbonyl (C=O) groups is 2. The van der Waals surface area contributed by atoms with Crippen LogP contribution >= 0.6 is 0 Å². The first-order valence-electron chi connectivity index (χ1n) is 10.3. The summed E-state index contributed by atoms with van der Waals surface area (Å²) in [7, 11) is 3.59. The van der Waals surface area contributed by atoms with Crippen LogP contribution in [0.2, 0.25) is 0 Å². The van der Waals surface area contributed by atoms with E-state index in [1.807, 2.05) is 55.3 Å². The van der Waals surface area contributed by atoms with Crippen LogP contribution in [0.3, 0.4) is 0 Å². The Labute approximate surface area is 177 Å². The lowest BCUT2D eigenvalue weighted by atomic mass is 10.2. The second-order valence-electron chi connectivity index (χ2n) is 7.93. The summed E-state index contributed by atoms with van der Waals surface area (Å²) < 4.78 is 0. The number of hydrogen-bond donors (Lipinski definition) is 1. The number of amides is 2. The number of aromatic nitrogens is 2. The van der Waals surface area contributed by atoms with Gasteiger partial charge in [-0.3, -0.25) is 14.5 Å². The van der Waals surface area contributed by atoms with E-state index in [9.17, 15) is 9.59 Å². The molecule has 1 saturated heterocycles. The molecule has 0 spiro atoms. The van der Waals surface area contributed by atoms with Gasteiger partial charge in [-0.05, 0) is 51.1 Å². The van der Waals surface area contributed by atoms with Gasteiger partial charge in [0.2, 0.25) is 11.8 Å². The number of benzene rings is 1. The number of likely N-dealkylation sites (N-methyl/N-ethyl adjacent to an activating group) is 2. The van der Waals surface area contributed by atoms with Crippen LogP contribution in [-0.4, -0.2) is 78.1 Å². The molecule has 8 nitrogen and oxygen atoms in total. The van der Waals surface area contributed by atoms with Gasteiger partial charge in [0.25, 0.3) is 0 Å². The fourth-order valence-corrected chi connectivity index (χ4v) is 3.69. The number of rotatable bonds is 8. The zero-order chi connectivity index (χ0) is 21.5. The fraction of sp³-hybridized carbons (Fsp3) is 0.455. The van der Waals surface area contributed by atoms with Gasteiger partial charge in [-0.25, -0.2) is 0 Å². The molecule has 1 aliphatic heterocycles. The quantitative estimate of drug-likeness (QED) is 0.715. The maximum absolute atomic E-state index is 12.6. The third-order valence-corrected chi connectivity index (χ3v) is 5.30. The number of nitrogens with zero attached hydrogens (tertiary/aromatic N) is 5. The highest BCUT2D eigenvalue weighted by atomic mass is 16.2. The Kier molecular flexibility index (Phi) is 7.35. The molecule has 2 amide bonds. The summed E-state index contributed by atoms with van der Waals surface area (Å²) in [6.07, 6.45) is 3.83. The van der Waals surface area contributed by atoms with E-state index in [2.05, 4.69) is 20.4 Å². The van der Waals surface area contributed by atoms with Gasteiger partial charge in [0.15, 0.2) is 5.82 Å². The zero-order valence-corrected chi connectivity index (χ0v) is 17.9. The Morgan fingerprint density at radius 3 is 2.63 bits per heavy atom. The number of hydrogen-bond acceptors (Lipinski definition) is 6. The van der Waals surface area contributed by atoms with E-state index in [0.29, 0.717) is 6.04 Å². The molecule has 1 atom stereocenters. The van der Waals surface area contributed by atoms with Gasteiger partial charge in [-0.2, -0.15) is 5.10 Å². The van der Waals surface area contributed by atoms with E-state index in [-0.39, 0.29) is 24.9 Å². The molecule has 1 N–H and O–H groups in total. The SMILES string of the molecule is Cc1ccc(NC(=O)CN(C)C(=O)CN(C)CC2CCCN2c2cccnn2)cc1. The lowest BCUT2D eigenvalue weighted by molar-refractivity contribution is -0.134. The summed E-state index contributed by atoms with van der Waals surface area (Å²) in [4.78, 5) is 30.6. The Bertz CT molecular complexity index is 842. The Morgan fingerprint density at radius 2 is 1.93 bits per heavy atom. The van der Waals surface area contributed by atoms with Crippen LogP contribution in [0.5, 0.6) is 0 Å². The minimum atomic E-state index is -0.207. The van der Waals surface area contributed by atoms with E-state index >= 15 is 0 Å². The molecule has 30 heavy (non-hydrogen) atoms. The van der Waals surface area contributed by atoms with Crippen LogP contribution in [0.25, 0.3) is 0 Å². The highest BCUT2D eigenvalue weighted by molar-refractivity contribution is 5.94. The van der Waals surface area contributed by atoms with E-state index in [0.717, 1.165) is 43.0 Å². The molecule has 1 fully saturated rings. The van der Waals surface area contributed by atoms with Crippen LogP contribution in [0.15, 0.2) is 42.6 Å². The van der Waals surface area contributed by atoms with Crippen molar-refractivity contribution in [3.8, 4) is 0 Å². The van der Waals surface area contributed by atoms with Crippen molar-refractivity contribution in [3.05, 3.63) is 48.2 Å². The van der Waals surface area contributed by atoms with Gasteiger partial charge in [-0.1, -0.05) is 17.7 Å². The first-order chi connectivity index (χ1) is 14.4. The standard InChI is InChI=1S/C22H30N6O2/c1-17-8-10-18(11-9-17)24-21(29)15-27(3)22(30)16-26(2)14-19-6-5-13-28(19)20-7-4-12-23-25-20/h4,7-12,19H,5-6,13-16H2,1-3H3,(H,24,29). The highest BCUT2D eigenvalue weighted by Gasteiger charge is 2.27. The molecule has 0 aliphatic carbocycles. The van der Waals surface area contributed by atoms with Crippen molar-refractivity contribution in [1.82, 2.24) is 20.0 Å². The lowest BCUT2D eigenvalue weighted by Gasteiger charge is -2.29. The van der Waals surface area contributed by atoms with E-state index in [1.54, 1.807) is 13.2 Å². The summed E-state index contributed by atoms with van der Waals surface area (Å²) in [6.45, 7) is 3.98. The molecule has 0 radical (unpaired) electrons. The van der Waals surface area contributed by atoms with Crippen molar-refractivity contribution in [2.45, 2.75) is 25.8 Å². The molecule has 0 saturated carbocycles. The third kappa shape index (κ3) is 6.00. The second kappa shape index (κ2) is 10.2. The van der Waals surface area contributed by atoms with Crippen molar-refractivity contribution in [3.63, 3.8) is 0 Å². The van der Waals surface area contributed by atoms with Gasteiger partial charge in [0.1, 0.15) is 0 Å². The van der Waals surface area contributed by atoms with E-state index in [1.165, 1.54) is 4.90 Å². The molecular formula is C22H30N6O2. The summed E-state index contributed by atoms with van der Waals surface area (Å²) in [5, 5.41) is 11.0. The number of anilines is 2. The molecule has 1 unspecified atom stereocenters. The maximum Gasteiger partial charge on any atom is 0.243 e. The summed E-state index contributed by atoms with van der Waals surface area (Å²) in [5.41, 5.74) is 1.86. The molecule has 3 rings (SSSR count). The van der Waals surface area contributed by atoms with E-state index in [4.69, 9.17) is 0 Å². The molecule has 1 aromatic carbocycles. The van der Waals surface area contributed by atoms with Crippen LogP contribution in [-0.2, 0) is 9.59 Å². The van der Waals surface area contributed by atoms with Crippen LogP contribution in [0, 0.1) is 6.92 Å². The van der Waals surface area contributed by atoms with Crippen molar-refractivity contribution >= 4 is 23.3 Å². The maximum atomic E-state index is 12.6. The summed E-state index contributed by atoms with van der Waals surface area (Å²) in [5.74, 6) is 0.590. The summed E-state index contributed by atoms with van der Waals surface area (Å²) in [6, 6.07) is 11.7.